The van der Waals surface area contributed by atoms with Crippen LogP contribution < -0.4 is 4.74 Å². The third-order valence-electron chi connectivity index (χ3n) is 3.35. The lowest BCUT2D eigenvalue weighted by atomic mass is 10.00. The largest absolute Gasteiger partial charge is 0.507 e. The summed E-state index contributed by atoms with van der Waals surface area (Å²) in [6, 6.07) is 9.61. The van der Waals surface area contributed by atoms with E-state index in [2.05, 4.69) is 22.6 Å². The van der Waals surface area contributed by atoms with Crippen molar-refractivity contribution in [3.8, 4) is 11.5 Å². The smallest absolute Gasteiger partial charge is 0.193 e. The minimum atomic E-state index is -0.278. The van der Waals surface area contributed by atoms with Crippen molar-refractivity contribution < 1.29 is 14.6 Å². The maximum Gasteiger partial charge on any atom is 0.193 e. The van der Waals surface area contributed by atoms with Crippen molar-refractivity contribution in [1.29, 1.82) is 0 Å². The number of phenols is 1. The molecule has 2 aromatic rings. The molecular formula is C18H17IO3. The molecule has 0 aliphatic rings. The molecule has 0 aliphatic carbocycles. The molecule has 0 amide bonds. The molecule has 0 saturated heterocycles. The lowest BCUT2D eigenvalue weighted by molar-refractivity contribution is 0.104. The van der Waals surface area contributed by atoms with E-state index in [4.69, 9.17) is 4.74 Å². The fraction of sp³-hybridized carbons (Fsp3) is 0.167. The monoisotopic (exact) mass is 408 g/mol. The molecule has 0 aromatic heterocycles. The number of rotatable bonds is 4. The summed E-state index contributed by atoms with van der Waals surface area (Å²) in [6.07, 6.45) is 3.20. The molecular weight excluding hydrogens is 391 g/mol. The van der Waals surface area contributed by atoms with Crippen LogP contribution in [-0.2, 0) is 0 Å². The van der Waals surface area contributed by atoms with Crippen LogP contribution in [0.15, 0.2) is 36.4 Å². The van der Waals surface area contributed by atoms with Gasteiger partial charge < -0.3 is 9.84 Å². The second-order valence-corrected chi connectivity index (χ2v) is 6.27. The van der Waals surface area contributed by atoms with Crippen LogP contribution >= 0.6 is 22.6 Å². The Labute approximate surface area is 143 Å². The van der Waals surface area contributed by atoms with Gasteiger partial charge in [0.2, 0.25) is 0 Å². The van der Waals surface area contributed by atoms with Gasteiger partial charge in [0.1, 0.15) is 17.1 Å². The van der Waals surface area contributed by atoms with E-state index < -0.39 is 0 Å². The number of hydrogen-bond donors (Lipinski definition) is 1. The molecule has 22 heavy (non-hydrogen) atoms. The van der Waals surface area contributed by atoms with Gasteiger partial charge in [-0.25, -0.2) is 0 Å². The lowest BCUT2D eigenvalue weighted by Crippen LogP contribution is -2.03. The molecule has 0 aliphatic heterocycles. The van der Waals surface area contributed by atoms with Crippen molar-refractivity contribution in [2.45, 2.75) is 13.8 Å². The highest BCUT2D eigenvalue weighted by atomic mass is 127. The van der Waals surface area contributed by atoms with Crippen LogP contribution in [0.3, 0.4) is 0 Å². The van der Waals surface area contributed by atoms with E-state index in [9.17, 15) is 9.90 Å². The first kappa shape index (κ1) is 16.5. The molecule has 0 saturated carbocycles. The highest BCUT2D eigenvalue weighted by Gasteiger charge is 2.19. The van der Waals surface area contributed by atoms with E-state index in [1.54, 1.807) is 19.1 Å². The lowest BCUT2D eigenvalue weighted by Gasteiger charge is -2.13. The topological polar surface area (TPSA) is 46.5 Å². The number of methoxy groups -OCH3 is 1. The third kappa shape index (κ3) is 3.50. The van der Waals surface area contributed by atoms with E-state index in [-0.39, 0.29) is 17.1 Å². The fourth-order valence-corrected chi connectivity index (χ4v) is 2.88. The quantitative estimate of drug-likeness (QED) is 0.460. The summed E-state index contributed by atoms with van der Waals surface area (Å²) in [7, 11) is 1.50. The third-order valence-corrected chi connectivity index (χ3v) is 4.03. The molecule has 0 heterocycles. The molecule has 0 fully saturated rings. The average molecular weight is 408 g/mol. The molecule has 2 aromatic carbocycles. The summed E-state index contributed by atoms with van der Waals surface area (Å²) in [5.74, 6) is 0.111. The van der Waals surface area contributed by atoms with Gasteiger partial charge in [-0.2, -0.15) is 0 Å². The Hall–Kier alpha value is -1.82. The van der Waals surface area contributed by atoms with E-state index in [0.717, 1.165) is 14.7 Å². The number of allylic oxidation sites excluding steroid dienone is 1. The number of hydrogen-bond acceptors (Lipinski definition) is 3. The van der Waals surface area contributed by atoms with Crippen molar-refractivity contribution in [3.63, 3.8) is 0 Å². The Morgan fingerprint density at radius 1 is 1.23 bits per heavy atom. The van der Waals surface area contributed by atoms with Gasteiger partial charge >= 0.3 is 0 Å². The molecule has 1 N–H and O–H groups in total. The van der Waals surface area contributed by atoms with Crippen LogP contribution in [0.5, 0.6) is 11.5 Å². The Morgan fingerprint density at radius 2 is 1.95 bits per heavy atom. The van der Waals surface area contributed by atoms with Crippen LogP contribution in [0.1, 0.15) is 27.0 Å². The van der Waals surface area contributed by atoms with E-state index >= 15 is 0 Å². The van der Waals surface area contributed by atoms with Gasteiger partial charge in [-0.15, -0.1) is 0 Å². The highest BCUT2D eigenvalue weighted by Crippen LogP contribution is 2.34. The molecule has 0 atom stereocenters. The first-order valence-electron chi connectivity index (χ1n) is 6.79. The Kier molecular flexibility index (Phi) is 5.24. The van der Waals surface area contributed by atoms with Gasteiger partial charge in [0.05, 0.1) is 7.11 Å². The number of ether oxygens (including phenoxy) is 1. The van der Waals surface area contributed by atoms with Crippen LogP contribution in [0.2, 0.25) is 0 Å². The molecule has 3 nitrogen and oxygen atoms in total. The standard InChI is InChI=1S/C18H17IO3/c1-11-9-12(2)18(22-3)16(17(11)21)15(20)8-7-13-5-4-6-14(19)10-13/h4-10,21H,1-3H3/b8-7+. The van der Waals surface area contributed by atoms with Crippen molar-refractivity contribution in [2.24, 2.45) is 0 Å². The molecule has 4 heteroatoms. The summed E-state index contributed by atoms with van der Waals surface area (Å²) in [4.78, 5) is 12.5. The van der Waals surface area contributed by atoms with Gasteiger partial charge in [-0.1, -0.05) is 18.2 Å². The number of halogens is 1. The normalized spacial score (nSPS) is 10.9. The predicted molar refractivity (Wildman–Crippen MR) is 96.7 cm³/mol. The molecule has 0 unspecified atom stereocenters. The zero-order chi connectivity index (χ0) is 16.3. The number of ketones is 1. The summed E-state index contributed by atoms with van der Waals surface area (Å²) in [6.45, 7) is 3.62. The predicted octanol–water partition coefficient (Wildman–Crippen LogP) is 4.52. The zero-order valence-corrected chi connectivity index (χ0v) is 14.8. The minimum Gasteiger partial charge on any atom is -0.507 e. The second-order valence-electron chi connectivity index (χ2n) is 5.02. The van der Waals surface area contributed by atoms with Gasteiger partial charge in [0.25, 0.3) is 0 Å². The number of benzene rings is 2. The second kappa shape index (κ2) is 6.96. The SMILES string of the molecule is COc1c(C)cc(C)c(O)c1C(=O)/C=C/c1cccc(I)c1. The first-order valence-corrected chi connectivity index (χ1v) is 7.87. The Bertz CT molecular complexity index is 748. The van der Waals surface area contributed by atoms with Gasteiger partial charge in [-0.05, 0) is 77.4 Å². The molecule has 0 bridgehead atoms. The maximum atomic E-state index is 12.5. The number of aromatic hydroxyl groups is 1. The van der Waals surface area contributed by atoms with Crippen molar-refractivity contribution in [3.05, 3.63) is 62.2 Å². The fourth-order valence-electron chi connectivity index (χ4n) is 2.32. The van der Waals surface area contributed by atoms with Gasteiger partial charge in [0.15, 0.2) is 5.78 Å². The zero-order valence-electron chi connectivity index (χ0n) is 12.7. The van der Waals surface area contributed by atoms with Crippen molar-refractivity contribution in [1.82, 2.24) is 0 Å². The Balaban J connectivity index is 2.42. The minimum absolute atomic E-state index is 0.0280. The average Bonchev–Trinajstić information content (AvgIpc) is 2.48. The Morgan fingerprint density at radius 3 is 2.59 bits per heavy atom. The van der Waals surface area contributed by atoms with Crippen LogP contribution in [0, 0.1) is 17.4 Å². The van der Waals surface area contributed by atoms with E-state index in [1.807, 2.05) is 31.2 Å². The number of aryl methyl sites for hydroxylation is 2. The highest BCUT2D eigenvalue weighted by molar-refractivity contribution is 14.1. The van der Waals surface area contributed by atoms with E-state index in [1.165, 1.54) is 13.2 Å². The molecule has 114 valence electrons. The van der Waals surface area contributed by atoms with Crippen molar-refractivity contribution in [2.75, 3.05) is 7.11 Å². The van der Waals surface area contributed by atoms with Crippen molar-refractivity contribution >= 4 is 34.5 Å². The summed E-state index contributed by atoms with van der Waals surface area (Å²) in [5.41, 5.74) is 2.62. The van der Waals surface area contributed by atoms with Crippen LogP contribution in [0.25, 0.3) is 6.08 Å². The summed E-state index contributed by atoms with van der Waals surface area (Å²) in [5, 5.41) is 10.2. The van der Waals surface area contributed by atoms with Crippen LogP contribution in [0.4, 0.5) is 0 Å². The van der Waals surface area contributed by atoms with Gasteiger partial charge in [0, 0.05) is 3.57 Å². The number of carbonyl (C=O) groups is 1. The summed E-state index contributed by atoms with van der Waals surface area (Å²) >= 11 is 2.22. The first-order chi connectivity index (χ1) is 10.4. The van der Waals surface area contributed by atoms with Crippen LogP contribution in [-0.4, -0.2) is 18.0 Å². The molecule has 0 radical (unpaired) electrons. The summed E-state index contributed by atoms with van der Waals surface area (Å²) < 4.78 is 6.38. The maximum absolute atomic E-state index is 12.5. The molecule has 2 rings (SSSR count). The van der Waals surface area contributed by atoms with Gasteiger partial charge in [-0.3, -0.25) is 4.79 Å². The van der Waals surface area contributed by atoms with E-state index in [0.29, 0.717) is 11.3 Å². The number of phenolic OH excluding ortho intramolecular Hbond substituents is 1. The molecule has 0 spiro atoms. The number of carbonyl (C=O) groups excluding carboxylic acids is 1.